The zero-order valence-corrected chi connectivity index (χ0v) is 25.5. The van der Waals surface area contributed by atoms with Crippen LogP contribution in [0.1, 0.15) is 49.4 Å². The van der Waals surface area contributed by atoms with Crippen molar-refractivity contribution in [1.29, 1.82) is 0 Å². The first-order chi connectivity index (χ1) is 21.4. The van der Waals surface area contributed by atoms with Gasteiger partial charge in [-0.2, -0.15) is 0 Å². The minimum Gasteiger partial charge on any atom is -0.496 e. The van der Waals surface area contributed by atoms with Crippen molar-refractivity contribution in [3.63, 3.8) is 0 Å². The maximum atomic E-state index is 13.0. The van der Waals surface area contributed by atoms with E-state index in [9.17, 15) is 4.79 Å². The second-order valence-corrected chi connectivity index (χ2v) is 11.7. The summed E-state index contributed by atoms with van der Waals surface area (Å²) < 4.78 is 11.3. The van der Waals surface area contributed by atoms with Crippen LogP contribution in [0.15, 0.2) is 53.1 Å². The van der Waals surface area contributed by atoms with Crippen molar-refractivity contribution in [3.05, 3.63) is 65.8 Å². The maximum Gasteiger partial charge on any atom is 0.238 e. The highest BCUT2D eigenvalue weighted by Gasteiger charge is 2.22. The van der Waals surface area contributed by atoms with E-state index >= 15 is 0 Å². The quantitative estimate of drug-likeness (QED) is 0.178. The summed E-state index contributed by atoms with van der Waals surface area (Å²) in [5, 5.41) is 14.6. The van der Waals surface area contributed by atoms with Gasteiger partial charge in [-0.15, -0.1) is 0 Å². The van der Waals surface area contributed by atoms with Crippen molar-refractivity contribution in [2.75, 3.05) is 19.0 Å². The molecule has 0 saturated heterocycles. The van der Waals surface area contributed by atoms with Crippen molar-refractivity contribution in [3.8, 4) is 28.1 Å². The smallest absolute Gasteiger partial charge is 0.238 e. The number of aryl methyl sites for hydroxylation is 3. The molecule has 9 heteroatoms. The van der Waals surface area contributed by atoms with Crippen LogP contribution >= 0.6 is 0 Å². The Morgan fingerprint density at radius 3 is 2.52 bits per heavy atom. The number of fused-ring (bicyclic) bond motifs is 4. The molecular formula is C35H36N6O3. The molecule has 1 aliphatic carbocycles. The Morgan fingerprint density at radius 1 is 0.977 bits per heavy atom. The zero-order valence-electron chi connectivity index (χ0n) is 25.5. The van der Waals surface area contributed by atoms with Gasteiger partial charge in [0.05, 0.1) is 36.0 Å². The number of rotatable bonds is 7. The van der Waals surface area contributed by atoms with E-state index in [0.717, 1.165) is 85.1 Å². The third-order valence-corrected chi connectivity index (χ3v) is 8.80. The van der Waals surface area contributed by atoms with Gasteiger partial charge in [0.2, 0.25) is 5.91 Å². The summed E-state index contributed by atoms with van der Waals surface area (Å²) in [5.74, 6) is 2.07. The average molecular weight is 589 g/mol. The third-order valence-electron chi connectivity index (χ3n) is 8.80. The second kappa shape index (κ2) is 11.4. The molecule has 9 nitrogen and oxygen atoms in total. The van der Waals surface area contributed by atoms with Gasteiger partial charge in [-0.25, -0.2) is 9.97 Å². The summed E-state index contributed by atoms with van der Waals surface area (Å²) in [6.07, 6.45) is 6.02. The first kappa shape index (κ1) is 28.0. The van der Waals surface area contributed by atoms with Crippen molar-refractivity contribution in [2.24, 2.45) is 0 Å². The number of hydrogen-bond acceptors (Lipinski definition) is 7. The lowest BCUT2D eigenvalue weighted by Gasteiger charge is -2.22. The topological polar surface area (TPSA) is 118 Å². The molecule has 0 radical (unpaired) electrons. The summed E-state index contributed by atoms with van der Waals surface area (Å²) >= 11 is 0. The number of H-pyrrole nitrogens is 1. The van der Waals surface area contributed by atoms with Crippen LogP contribution in [-0.2, 0) is 4.79 Å². The van der Waals surface area contributed by atoms with Gasteiger partial charge in [0.1, 0.15) is 23.0 Å². The van der Waals surface area contributed by atoms with Crippen LogP contribution in [0.4, 0.5) is 5.69 Å². The van der Waals surface area contributed by atoms with E-state index in [1.54, 1.807) is 7.11 Å². The highest BCUT2D eigenvalue weighted by atomic mass is 16.5. The number of nitrogens with zero attached hydrogens (tertiary/aromatic N) is 3. The number of carbonyl (C=O) groups is 1. The summed E-state index contributed by atoms with van der Waals surface area (Å²) in [6.45, 7) is 6.04. The molecule has 6 aromatic rings. The summed E-state index contributed by atoms with van der Waals surface area (Å²) in [6, 6.07) is 16.7. The van der Waals surface area contributed by atoms with E-state index < -0.39 is 0 Å². The van der Waals surface area contributed by atoms with Gasteiger partial charge in [-0.1, -0.05) is 54.8 Å². The van der Waals surface area contributed by atoms with E-state index in [0.29, 0.717) is 24.2 Å². The molecule has 0 unspecified atom stereocenters. The number of amides is 1. The molecule has 1 saturated carbocycles. The van der Waals surface area contributed by atoms with E-state index in [2.05, 4.69) is 32.9 Å². The van der Waals surface area contributed by atoms with Crippen molar-refractivity contribution < 1.29 is 14.1 Å². The molecule has 0 spiro atoms. The van der Waals surface area contributed by atoms with Crippen molar-refractivity contribution >= 4 is 44.3 Å². The Kier molecular flexibility index (Phi) is 7.26. The molecule has 3 aromatic carbocycles. The van der Waals surface area contributed by atoms with Crippen LogP contribution in [0.2, 0.25) is 0 Å². The fourth-order valence-corrected chi connectivity index (χ4v) is 6.72. The Balaban J connectivity index is 1.32. The van der Waals surface area contributed by atoms with Crippen LogP contribution in [0, 0.1) is 20.8 Å². The predicted octanol–water partition coefficient (Wildman–Crippen LogP) is 7.38. The number of nitrogens with one attached hydrogen (secondary N) is 3. The number of hydrogen-bond donors (Lipinski definition) is 3. The van der Waals surface area contributed by atoms with Crippen LogP contribution in [0.5, 0.6) is 5.75 Å². The predicted molar refractivity (Wildman–Crippen MR) is 174 cm³/mol. The van der Waals surface area contributed by atoms with E-state index in [4.69, 9.17) is 19.2 Å². The molecule has 3 aromatic heterocycles. The van der Waals surface area contributed by atoms with Gasteiger partial charge in [-0.3, -0.25) is 4.79 Å². The number of benzene rings is 3. The third kappa shape index (κ3) is 4.97. The molecule has 224 valence electrons. The van der Waals surface area contributed by atoms with E-state index in [1.165, 1.54) is 19.3 Å². The van der Waals surface area contributed by atoms with E-state index in [-0.39, 0.29) is 5.91 Å². The highest BCUT2D eigenvalue weighted by molar-refractivity contribution is 6.17. The molecule has 7 rings (SSSR count). The normalized spacial score (nSPS) is 14.1. The van der Waals surface area contributed by atoms with Gasteiger partial charge >= 0.3 is 0 Å². The maximum absolute atomic E-state index is 13.0. The Labute approximate surface area is 255 Å². The van der Waals surface area contributed by atoms with E-state index in [1.807, 2.05) is 57.2 Å². The van der Waals surface area contributed by atoms with Crippen LogP contribution < -0.4 is 15.4 Å². The molecular weight excluding hydrogens is 552 g/mol. The van der Waals surface area contributed by atoms with Crippen LogP contribution in [0.25, 0.3) is 55.1 Å². The molecule has 0 atom stereocenters. The Morgan fingerprint density at radius 2 is 1.77 bits per heavy atom. The fraction of sp³-hybridized carbons (Fsp3) is 0.314. The molecule has 1 amide bonds. The Bertz CT molecular complexity index is 2020. The Hall–Kier alpha value is -4.76. The van der Waals surface area contributed by atoms with Crippen LogP contribution in [0.3, 0.4) is 0 Å². The number of aromatic amines is 1. The molecule has 1 fully saturated rings. The standard InChI is InChI=1S/C35H36N6O3/c1-19-32(20(2)44-41-19)27-16-29-26(17-30(27)43-4)33-34(37-21(3)38-35(33)40-29)25-14-15-28(24-13-9-8-12-23(24)25)39-31(42)18-36-22-10-6-5-7-11-22/h8-9,12-17,22,36H,5-7,10-11,18H2,1-4H3,(H,39,42)(H,37,38,40). The first-order valence-electron chi connectivity index (χ1n) is 15.3. The minimum absolute atomic E-state index is 0.0356. The first-order valence-corrected chi connectivity index (χ1v) is 15.3. The summed E-state index contributed by atoms with van der Waals surface area (Å²) in [5.41, 5.74) is 6.84. The van der Waals surface area contributed by atoms with Gasteiger partial charge in [-0.05, 0) is 57.2 Å². The number of anilines is 1. The van der Waals surface area contributed by atoms with Gasteiger partial charge in [0, 0.05) is 39.1 Å². The average Bonchev–Trinajstić information content (AvgIpc) is 3.57. The van der Waals surface area contributed by atoms with Gasteiger partial charge in [0.15, 0.2) is 0 Å². The van der Waals surface area contributed by atoms with Crippen molar-refractivity contribution in [1.82, 2.24) is 25.4 Å². The molecule has 44 heavy (non-hydrogen) atoms. The molecule has 3 N–H and O–H groups in total. The SMILES string of the molecule is COc1cc2c(cc1-c1c(C)noc1C)[nH]c1nc(C)nc(-c3ccc(NC(=O)CNC4CCCCC4)c4ccccc34)c12. The molecule has 1 aliphatic rings. The minimum atomic E-state index is -0.0356. The molecule has 0 bridgehead atoms. The summed E-state index contributed by atoms with van der Waals surface area (Å²) in [4.78, 5) is 26.3. The summed E-state index contributed by atoms with van der Waals surface area (Å²) in [7, 11) is 1.67. The second-order valence-electron chi connectivity index (χ2n) is 11.7. The number of carbonyl (C=O) groups excluding carboxylic acids is 1. The van der Waals surface area contributed by atoms with Crippen molar-refractivity contribution in [2.45, 2.75) is 58.9 Å². The highest BCUT2D eigenvalue weighted by Crippen LogP contribution is 2.42. The fourth-order valence-electron chi connectivity index (χ4n) is 6.72. The zero-order chi connectivity index (χ0) is 30.4. The van der Waals surface area contributed by atoms with Gasteiger partial charge < -0.3 is 24.9 Å². The lowest BCUT2D eigenvalue weighted by molar-refractivity contribution is -0.115. The largest absolute Gasteiger partial charge is 0.496 e. The monoisotopic (exact) mass is 588 g/mol. The van der Waals surface area contributed by atoms with Crippen LogP contribution in [-0.4, -0.2) is 45.7 Å². The lowest BCUT2D eigenvalue weighted by atomic mass is 9.95. The molecule has 3 heterocycles. The number of ether oxygens (including phenoxy) is 1. The number of methoxy groups -OCH3 is 1. The lowest BCUT2D eigenvalue weighted by Crippen LogP contribution is -2.37. The molecule has 0 aliphatic heterocycles. The van der Waals surface area contributed by atoms with Gasteiger partial charge in [0.25, 0.3) is 0 Å². The number of aromatic nitrogens is 4.